The molecule has 9 heteroatoms. The first kappa shape index (κ1) is 23.9. The van der Waals surface area contributed by atoms with Gasteiger partial charge in [-0.05, 0) is 53.9 Å². The molecule has 1 aliphatic rings. The smallest absolute Gasteiger partial charge is 0.270 e. The van der Waals surface area contributed by atoms with Crippen molar-refractivity contribution in [2.24, 2.45) is 5.92 Å². The third-order valence-corrected chi connectivity index (χ3v) is 7.11. The van der Waals surface area contributed by atoms with Crippen molar-refractivity contribution in [1.82, 2.24) is 9.97 Å². The number of benzene rings is 3. The Morgan fingerprint density at radius 2 is 1.81 bits per heavy atom. The summed E-state index contributed by atoms with van der Waals surface area (Å²) in [5, 5.41) is 14.9. The van der Waals surface area contributed by atoms with Crippen molar-refractivity contribution in [2.75, 3.05) is 23.3 Å². The van der Waals surface area contributed by atoms with Crippen LogP contribution in [0.1, 0.15) is 18.4 Å². The predicted octanol–water partition coefficient (Wildman–Crippen LogP) is 6.13. The molecule has 0 bridgehead atoms. The number of rotatable bonds is 5. The summed E-state index contributed by atoms with van der Waals surface area (Å²) in [6.45, 7) is 3.38. The van der Waals surface area contributed by atoms with Crippen molar-refractivity contribution in [1.29, 1.82) is 0 Å². The lowest BCUT2D eigenvalue weighted by Gasteiger charge is -2.31. The highest BCUT2D eigenvalue weighted by atomic mass is 79.9. The number of non-ortho nitro benzene ring substituents is 1. The summed E-state index contributed by atoms with van der Waals surface area (Å²) in [7, 11) is 0. The Kier molecular flexibility index (Phi) is 6.65. The molecule has 1 fully saturated rings. The summed E-state index contributed by atoms with van der Waals surface area (Å²) in [5.74, 6) is 0.409. The van der Waals surface area contributed by atoms with Crippen molar-refractivity contribution in [3.8, 4) is 11.3 Å². The lowest BCUT2D eigenvalue weighted by atomic mass is 9.96. The number of aryl methyl sites for hydroxylation is 1. The number of hydrogen-bond donors (Lipinski definition) is 1. The second kappa shape index (κ2) is 10.0. The Balaban J connectivity index is 1.33. The minimum absolute atomic E-state index is 0.0337. The lowest BCUT2D eigenvalue weighted by Crippen LogP contribution is -2.39. The van der Waals surface area contributed by atoms with Crippen LogP contribution in [0.15, 0.2) is 71.2 Å². The Morgan fingerprint density at radius 3 is 2.50 bits per heavy atom. The summed E-state index contributed by atoms with van der Waals surface area (Å²) in [6, 6.07) is 20.6. The van der Waals surface area contributed by atoms with E-state index in [1.54, 1.807) is 6.07 Å². The second-order valence-corrected chi connectivity index (χ2v) is 9.79. The zero-order valence-corrected chi connectivity index (χ0v) is 21.2. The van der Waals surface area contributed by atoms with E-state index < -0.39 is 4.92 Å². The van der Waals surface area contributed by atoms with E-state index in [0.29, 0.717) is 42.0 Å². The molecule has 0 aliphatic carbocycles. The maximum absolute atomic E-state index is 12.9. The molecule has 4 aromatic rings. The topological polar surface area (TPSA) is 101 Å². The number of nitrogens with one attached hydrogen (secondary N) is 1. The highest BCUT2D eigenvalue weighted by Gasteiger charge is 2.27. The monoisotopic (exact) mass is 545 g/mol. The first-order chi connectivity index (χ1) is 17.4. The van der Waals surface area contributed by atoms with Crippen molar-refractivity contribution in [3.63, 3.8) is 0 Å². The maximum atomic E-state index is 12.9. The van der Waals surface area contributed by atoms with Gasteiger partial charge in [-0.25, -0.2) is 9.97 Å². The maximum Gasteiger partial charge on any atom is 0.270 e. The fourth-order valence-corrected chi connectivity index (χ4v) is 4.95. The van der Waals surface area contributed by atoms with Gasteiger partial charge >= 0.3 is 0 Å². The normalized spacial score (nSPS) is 14.1. The number of carbonyl (C=O) groups is 1. The van der Waals surface area contributed by atoms with Gasteiger partial charge in [0.15, 0.2) is 0 Å². The van der Waals surface area contributed by atoms with Gasteiger partial charge in [0.1, 0.15) is 0 Å². The second-order valence-electron chi connectivity index (χ2n) is 8.93. The van der Waals surface area contributed by atoms with E-state index >= 15 is 0 Å². The largest absolute Gasteiger partial charge is 0.341 e. The Morgan fingerprint density at radius 1 is 1.06 bits per heavy atom. The molecule has 0 saturated carbocycles. The fraction of sp³-hybridized carbons (Fsp3) is 0.222. The van der Waals surface area contributed by atoms with E-state index in [0.717, 1.165) is 27.7 Å². The van der Waals surface area contributed by atoms with Gasteiger partial charge in [-0.1, -0.05) is 42.0 Å². The van der Waals surface area contributed by atoms with Gasteiger partial charge in [0.2, 0.25) is 11.9 Å². The summed E-state index contributed by atoms with van der Waals surface area (Å²) in [5.41, 5.74) is 4.49. The zero-order chi connectivity index (χ0) is 25.2. The summed E-state index contributed by atoms with van der Waals surface area (Å²) < 4.78 is 0.482. The molecule has 0 atom stereocenters. The van der Waals surface area contributed by atoms with Crippen LogP contribution < -0.4 is 10.2 Å². The SMILES string of the molecule is Cc1ccc2nc(N3CCC(C(=O)Nc4ccc([N+](=O)[O-])cc4Br)CC3)nc(-c3ccccc3)c2c1. The van der Waals surface area contributed by atoms with Crippen LogP contribution in [-0.4, -0.2) is 33.9 Å². The third kappa shape index (κ3) is 4.92. The van der Waals surface area contributed by atoms with E-state index in [-0.39, 0.29) is 17.5 Å². The minimum atomic E-state index is -0.467. The number of anilines is 2. The molecule has 1 aromatic heterocycles. The van der Waals surface area contributed by atoms with Crippen LogP contribution in [-0.2, 0) is 4.79 Å². The molecule has 1 amide bonds. The van der Waals surface area contributed by atoms with Crippen LogP contribution >= 0.6 is 15.9 Å². The van der Waals surface area contributed by atoms with Gasteiger partial charge in [0.05, 0.1) is 21.8 Å². The first-order valence-electron chi connectivity index (χ1n) is 11.7. The van der Waals surface area contributed by atoms with Gasteiger partial charge in [0.25, 0.3) is 5.69 Å². The van der Waals surface area contributed by atoms with Crippen molar-refractivity contribution < 1.29 is 9.72 Å². The molecule has 0 radical (unpaired) electrons. The van der Waals surface area contributed by atoms with Crippen LogP contribution in [0.5, 0.6) is 0 Å². The number of nitro benzene ring substituents is 1. The van der Waals surface area contributed by atoms with Crippen molar-refractivity contribution in [3.05, 3.63) is 86.9 Å². The molecule has 0 spiro atoms. The Bertz CT molecular complexity index is 1450. The lowest BCUT2D eigenvalue weighted by molar-refractivity contribution is -0.384. The average Bonchev–Trinajstić information content (AvgIpc) is 2.89. The van der Waals surface area contributed by atoms with Gasteiger partial charge in [-0.3, -0.25) is 14.9 Å². The number of halogens is 1. The van der Waals surface area contributed by atoms with Crippen LogP contribution in [0, 0.1) is 23.0 Å². The number of piperidine rings is 1. The third-order valence-electron chi connectivity index (χ3n) is 6.46. The van der Waals surface area contributed by atoms with Crippen molar-refractivity contribution >= 4 is 50.1 Å². The molecular weight excluding hydrogens is 522 g/mol. The van der Waals surface area contributed by atoms with E-state index in [1.807, 2.05) is 24.3 Å². The number of hydrogen-bond acceptors (Lipinski definition) is 6. The van der Waals surface area contributed by atoms with E-state index in [1.165, 1.54) is 12.1 Å². The molecule has 0 unspecified atom stereocenters. The fourth-order valence-electron chi connectivity index (χ4n) is 4.48. The highest BCUT2D eigenvalue weighted by molar-refractivity contribution is 9.10. The first-order valence-corrected chi connectivity index (χ1v) is 12.5. The summed E-state index contributed by atoms with van der Waals surface area (Å²) in [4.78, 5) is 35.3. The van der Waals surface area contributed by atoms with Gasteiger partial charge in [-0.15, -0.1) is 0 Å². The van der Waals surface area contributed by atoms with Gasteiger partial charge in [-0.2, -0.15) is 0 Å². The molecule has 5 rings (SSSR count). The number of fused-ring (bicyclic) bond motifs is 1. The summed E-state index contributed by atoms with van der Waals surface area (Å²) >= 11 is 3.31. The van der Waals surface area contributed by atoms with E-state index in [9.17, 15) is 14.9 Å². The molecule has 8 nitrogen and oxygen atoms in total. The number of nitro groups is 1. The zero-order valence-electron chi connectivity index (χ0n) is 19.6. The summed E-state index contributed by atoms with van der Waals surface area (Å²) in [6.07, 6.45) is 1.32. The molecule has 2 heterocycles. The number of nitrogens with zero attached hydrogens (tertiary/aromatic N) is 4. The number of aromatic nitrogens is 2. The van der Waals surface area contributed by atoms with Crippen LogP contribution in [0.2, 0.25) is 0 Å². The Labute approximate surface area is 216 Å². The highest BCUT2D eigenvalue weighted by Crippen LogP contribution is 2.32. The van der Waals surface area contributed by atoms with Crippen LogP contribution in [0.4, 0.5) is 17.3 Å². The molecule has 1 N–H and O–H groups in total. The quantitative estimate of drug-likeness (QED) is 0.239. The van der Waals surface area contributed by atoms with Gasteiger partial charge in [0, 0.05) is 46.6 Å². The van der Waals surface area contributed by atoms with E-state index in [2.05, 4.69) is 57.3 Å². The minimum Gasteiger partial charge on any atom is -0.341 e. The van der Waals surface area contributed by atoms with Crippen LogP contribution in [0.25, 0.3) is 22.2 Å². The molecule has 182 valence electrons. The average molecular weight is 546 g/mol. The number of carbonyl (C=O) groups excluding carboxylic acids is 1. The van der Waals surface area contributed by atoms with Gasteiger partial charge < -0.3 is 10.2 Å². The standard InChI is InChI=1S/C27H24BrN5O3/c1-17-7-9-23-21(15-17)25(18-5-3-2-4-6-18)31-27(30-23)32-13-11-19(12-14-32)26(34)29-24-10-8-20(33(35)36)16-22(24)28/h2-10,15-16,19H,11-14H2,1H3,(H,29,34). The Hall–Kier alpha value is -3.85. The molecule has 1 saturated heterocycles. The molecule has 36 heavy (non-hydrogen) atoms. The van der Waals surface area contributed by atoms with Crippen LogP contribution in [0.3, 0.4) is 0 Å². The number of amides is 1. The molecule has 3 aromatic carbocycles. The molecule has 1 aliphatic heterocycles. The predicted molar refractivity (Wildman–Crippen MR) is 144 cm³/mol. The van der Waals surface area contributed by atoms with Crippen molar-refractivity contribution in [2.45, 2.75) is 19.8 Å². The van der Waals surface area contributed by atoms with E-state index in [4.69, 9.17) is 9.97 Å². The molecular formula is C27H24BrN5O3.